The van der Waals surface area contributed by atoms with Crippen molar-refractivity contribution in [3.05, 3.63) is 47.5 Å². The van der Waals surface area contributed by atoms with Crippen molar-refractivity contribution in [1.82, 2.24) is 9.80 Å². The summed E-state index contributed by atoms with van der Waals surface area (Å²) in [5, 5.41) is 0. The van der Waals surface area contributed by atoms with E-state index in [0.717, 1.165) is 44.7 Å². The Hall–Kier alpha value is -1.61. The van der Waals surface area contributed by atoms with Crippen molar-refractivity contribution < 1.29 is 4.79 Å². The molecule has 3 aliphatic rings. The van der Waals surface area contributed by atoms with Crippen molar-refractivity contribution in [3.8, 4) is 0 Å². The molecule has 1 aromatic carbocycles. The minimum atomic E-state index is 0.256. The Morgan fingerprint density at radius 2 is 2.00 bits per heavy atom. The monoisotopic (exact) mass is 324 g/mol. The lowest BCUT2D eigenvalue weighted by molar-refractivity contribution is 0.0682. The third-order valence-electron chi connectivity index (χ3n) is 6.21. The van der Waals surface area contributed by atoms with E-state index in [1.165, 1.54) is 36.8 Å². The van der Waals surface area contributed by atoms with Gasteiger partial charge in [0.1, 0.15) is 0 Å². The van der Waals surface area contributed by atoms with Crippen molar-refractivity contribution in [2.75, 3.05) is 32.7 Å². The quantitative estimate of drug-likeness (QED) is 0.792. The summed E-state index contributed by atoms with van der Waals surface area (Å²) >= 11 is 0. The average Bonchev–Trinajstić information content (AvgIpc) is 2.64. The molecule has 0 radical (unpaired) electrons. The number of hydrogen-bond acceptors (Lipinski definition) is 2. The van der Waals surface area contributed by atoms with Crippen molar-refractivity contribution >= 4 is 5.91 Å². The first-order chi connectivity index (χ1) is 11.8. The summed E-state index contributed by atoms with van der Waals surface area (Å²) in [6.07, 6.45) is 8.17. The molecule has 0 unspecified atom stereocenters. The zero-order valence-corrected chi connectivity index (χ0v) is 14.5. The maximum atomic E-state index is 12.9. The Balaban J connectivity index is 1.42. The molecular weight excluding hydrogens is 296 g/mol. The third kappa shape index (κ3) is 2.90. The molecule has 1 fully saturated rings. The van der Waals surface area contributed by atoms with E-state index in [1.807, 2.05) is 6.07 Å². The van der Waals surface area contributed by atoms with Crippen molar-refractivity contribution in [2.45, 2.75) is 38.0 Å². The van der Waals surface area contributed by atoms with Crippen LogP contribution in [0.25, 0.3) is 0 Å². The number of hydrogen-bond donors (Lipinski definition) is 0. The number of allylic oxidation sites excluding steroid dienone is 1. The van der Waals surface area contributed by atoms with Gasteiger partial charge in [0, 0.05) is 31.1 Å². The first kappa shape index (κ1) is 15.9. The van der Waals surface area contributed by atoms with Crippen LogP contribution in [0.15, 0.2) is 30.9 Å². The highest BCUT2D eigenvalue weighted by molar-refractivity contribution is 5.97. The van der Waals surface area contributed by atoms with Crippen LogP contribution in [0.1, 0.15) is 53.1 Å². The minimum absolute atomic E-state index is 0.256. The third-order valence-corrected chi connectivity index (χ3v) is 6.21. The van der Waals surface area contributed by atoms with E-state index in [-0.39, 0.29) is 5.91 Å². The SMILES string of the molecule is C=CC1CCN(CCN2C[C@H]3CCCc4cccc(c43)C2=O)CC1. The molecule has 2 aliphatic heterocycles. The number of carbonyl (C=O) groups excluding carboxylic acids is 1. The number of piperidine rings is 1. The van der Waals surface area contributed by atoms with Crippen LogP contribution in [0, 0.1) is 5.92 Å². The smallest absolute Gasteiger partial charge is 0.254 e. The first-order valence-electron chi connectivity index (χ1n) is 9.52. The number of rotatable bonds is 4. The molecule has 24 heavy (non-hydrogen) atoms. The summed E-state index contributed by atoms with van der Waals surface area (Å²) in [6.45, 7) is 9.01. The molecule has 0 saturated carbocycles. The van der Waals surface area contributed by atoms with Gasteiger partial charge in [-0.25, -0.2) is 0 Å². The Kier molecular flexibility index (Phi) is 4.45. The van der Waals surface area contributed by atoms with E-state index in [9.17, 15) is 4.79 Å². The van der Waals surface area contributed by atoms with Gasteiger partial charge in [-0.05, 0) is 68.3 Å². The highest BCUT2D eigenvalue weighted by atomic mass is 16.2. The summed E-state index contributed by atoms with van der Waals surface area (Å²) in [5.41, 5.74) is 3.77. The molecule has 3 nitrogen and oxygen atoms in total. The van der Waals surface area contributed by atoms with Crippen LogP contribution in [-0.2, 0) is 6.42 Å². The summed E-state index contributed by atoms with van der Waals surface area (Å²) in [4.78, 5) is 17.5. The number of likely N-dealkylation sites (tertiary alicyclic amines) is 1. The largest absolute Gasteiger partial charge is 0.337 e. The second-order valence-electron chi connectivity index (χ2n) is 7.63. The van der Waals surface area contributed by atoms with Gasteiger partial charge in [-0.15, -0.1) is 6.58 Å². The van der Waals surface area contributed by atoms with Crippen molar-refractivity contribution in [1.29, 1.82) is 0 Å². The van der Waals surface area contributed by atoms with Gasteiger partial charge < -0.3 is 9.80 Å². The Morgan fingerprint density at radius 3 is 2.79 bits per heavy atom. The highest BCUT2D eigenvalue weighted by Gasteiger charge is 2.34. The molecule has 1 saturated heterocycles. The van der Waals surface area contributed by atoms with E-state index in [0.29, 0.717) is 11.8 Å². The molecule has 128 valence electrons. The van der Waals surface area contributed by atoms with Gasteiger partial charge in [-0.3, -0.25) is 4.79 Å². The van der Waals surface area contributed by atoms with Gasteiger partial charge in [0.25, 0.3) is 5.91 Å². The molecule has 1 atom stereocenters. The van der Waals surface area contributed by atoms with Gasteiger partial charge in [0.2, 0.25) is 0 Å². The zero-order chi connectivity index (χ0) is 16.5. The Bertz CT molecular complexity index is 631. The predicted molar refractivity (Wildman–Crippen MR) is 97.4 cm³/mol. The van der Waals surface area contributed by atoms with Crippen molar-refractivity contribution in [2.24, 2.45) is 5.92 Å². The van der Waals surface area contributed by atoms with E-state index in [4.69, 9.17) is 0 Å². The molecule has 2 heterocycles. The van der Waals surface area contributed by atoms with Gasteiger partial charge >= 0.3 is 0 Å². The molecule has 1 aliphatic carbocycles. The fourth-order valence-corrected chi connectivity index (χ4v) is 4.75. The Labute approximate surface area is 145 Å². The van der Waals surface area contributed by atoms with Crippen LogP contribution >= 0.6 is 0 Å². The van der Waals surface area contributed by atoms with E-state index < -0.39 is 0 Å². The summed E-state index contributed by atoms with van der Waals surface area (Å²) in [6, 6.07) is 6.33. The second-order valence-corrected chi connectivity index (χ2v) is 7.63. The molecule has 3 heteroatoms. The van der Waals surface area contributed by atoms with Crippen LogP contribution in [0.4, 0.5) is 0 Å². The first-order valence-corrected chi connectivity index (χ1v) is 9.52. The fourth-order valence-electron chi connectivity index (χ4n) is 4.75. The number of nitrogens with zero attached hydrogens (tertiary/aromatic N) is 2. The zero-order valence-electron chi connectivity index (χ0n) is 14.5. The molecule has 4 rings (SSSR count). The summed E-state index contributed by atoms with van der Waals surface area (Å²) in [5.74, 6) is 1.51. The number of carbonyl (C=O) groups is 1. The van der Waals surface area contributed by atoms with Crippen LogP contribution in [0.5, 0.6) is 0 Å². The lowest BCUT2D eigenvalue weighted by atomic mass is 9.77. The minimum Gasteiger partial charge on any atom is -0.337 e. The highest BCUT2D eigenvalue weighted by Crippen LogP contribution is 2.38. The van der Waals surface area contributed by atoms with Crippen LogP contribution in [-0.4, -0.2) is 48.4 Å². The fraction of sp³-hybridized carbons (Fsp3) is 0.571. The number of benzene rings is 1. The summed E-state index contributed by atoms with van der Waals surface area (Å²) < 4.78 is 0. The van der Waals surface area contributed by atoms with E-state index >= 15 is 0 Å². The average molecular weight is 324 g/mol. The molecule has 1 amide bonds. The van der Waals surface area contributed by atoms with E-state index in [1.54, 1.807) is 0 Å². The maximum absolute atomic E-state index is 12.9. The van der Waals surface area contributed by atoms with Gasteiger partial charge in [0.05, 0.1) is 0 Å². The topological polar surface area (TPSA) is 23.6 Å². The number of aryl methyl sites for hydroxylation is 1. The number of amides is 1. The van der Waals surface area contributed by atoms with Gasteiger partial charge in [0.15, 0.2) is 0 Å². The van der Waals surface area contributed by atoms with Gasteiger partial charge in [-0.1, -0.05) is 18.2 Å². The van der Waals surface area contributed by atoms with E-state index in [2.05, 4.69) is 34.6 Å². The Morgan fingerprint density at radius 1 is 1.17 bits per heavy atom. The maximum Gasteiger partial charge on any atom is 0.254 e. The summed E-state index contributed by atoms with van der Waals surface area (Å²) in [7, 11) is 0. The van der Waals surface area contributed by atoms with Gasteiger partial charge in [-0.2, -0.15) is 0 Å². The molecule has 0 spiro atoms. The molecule has 0 N–H and O–H groups in total. The van der Waals surface area contributed by atoms with Crippen LogP contribution in [0.3, 0.4) is 0 Å². The molecule has 1 aromatic rings. The molecular formula is C21H28N2O. The standard InChI is InChI=1S/C21H28N2O/c1-2-16-9-11-22(12-10-16)13-14-23-15-18-7-3-5-17-6-4-8-19(20(17)18)21(23)24/h2,4,6,8,16,18H,1,3,5,7,9-15H2/t18-/m1/s1. The molecule has 0 aromatic heterocycles. The van der Waals surface area contributed by atoms with Crippen molar-refractivity contribution in [3.63, 3.8) is 0 Å². The van der Waals surface area contributed by atoms with Crippen LogP contribution < -0.4 is 0 Å². The molecule has 0 bridgehead atoms. The second kappa shape index (κ2) is 6.72. The normalized spacial score (nSPS) is 24.8. The lowest BCUT2D eigenvalue weighted by Crippen LogP contribution is -2.46. The van der Waals surface area contributed by atoms with Crippen LogP contribution in [0.2, 0.25) is 0 Å². The lowest BCUT2D eigenvalue weighted by Gasteiger charge is -2.39. The predicted octanol–water partition coefficient (Wildman–Crippen LogP) is 3.46.